The first-order chi connectivity index (χ1) is 28.7. The molecule has 11 aromatic rings. The molecule has 0 unspecified atom stereocenters. The van der Waals surface area contributed by atoms with Crippen molar-refractivity contribution in [3.8, 4) is 62.7 Å². The summed E-state index contributed by atoms with van der Waals surface area (Å²) in [6.07, 6.45) is 0. The highest BCUT2D eigenvalue weighted by molar-refractivity contribution is 6.12. The first-order valence-corrected chi connectivity index (χ1v) is 19.3. The van der Waals surface area contributed by atoms with Crippen LogP contribution in [0.15, 0.2) is 194 Å². The average Bonchev–Trinajstić information content (AvgIpc) is 3.82. The monoisotopic (exact) mass is 740 g/mol. The Kier molecular flexibility index (Phi) is 7.76. The number of hydrogen-bond donors (Lipinski definition) is 0. The smallest absolute Gasteiger partial charge is 0.164 e. The normalized spacial score (nSPS) is 11.4. The zero-order chi connectivity index (χ0) is 38.6. The van der Waals surface area contributed by atoms with Gasteiger partial charge in [-0.3, -0.25) is 0 Å². The zero-order valence-electron chi connectivity index (χ0n) is 31.2. The van der Waals surface area contributed by atoms with Gasteiger partial charge in [0.15, 0.2) is 17.5 Å². The average molecular weight is 741 g/mol. The number of para-hydroxylation sites is 3. The van der Waals surface area contributed by atoms with Crippen molar-refractivity contribution in [2.24, 2.45) is 0 Å². The lowest BCUT2D eigenvalue weighted by molar-refractivity contribution is 1.07. The molecule has 3 aromatic heterocycles. The Morgan fingerprint density at radius 1 is 0.328 bits per heavy atom. The summed E-state index contributed by atoms with van der Waals surface area (Å²) in [6.45, 7) is 0. The van der Waals surface area contributed by atoms with Gasteiger partial charge in [0, 0.05) is 49.6 Å². The summed E-state index contributed by atoms with van der Waals surface area (Å²) in [6, 6.07) is 69.4. The Bertz CT molecular complexity index is 3390. The van der Waals surface area contributed by atoms with Crippen LogP contribution in [0.4, 0.5) is 0 Å². The van der Waals surface area contributed by atoms with Crippen LogP contribution in [0.3, 0.4) is 0 Å². The Labute approximate surface area is 334 Å². The highest BCUT2D eigenvalue weighted by Gasteiger charge is 2.17. The number of rotatable bonds is 6. The molecule has 0 saturated carbocycles. The molecule has 58 heavy (non-hydrogen) atoms. The molecule has 0 radical (unpaired) electrons. The molecule has 8 aromatic carbocycles. The van der Waals surface area contributed by atoms with Gasteiger partial charge >= 0.3 is 0 Å². The van der Waals surface area contributed by atoms with E-state index in [-0.39, 0.29) is 0 Å². The molecule has 0 spiro atoms. The van der Waals surface area contributed by atoms with Crippen molar-refractivity contribution >= 4 is 43.6 Å². The van der Waals surface area contributed by atoms with Crippen LogP contribution in [0.2, 0.25) is 0 Å². The topological polar surface area (TPSA) is 72.3 Å². The molecule has 0 saturated heterocycles. The second-order valence-electron chi connectivity index (χ2n) is 14.4. The van der Waals surface area contributed by atoms with Gasteiger partial charge in [0.05, 0.1) is 33.7 Å². The van der Waals surface area contributed by atoms with Gasteiger partial charge < -0.3 is 9.13 Å². The zero-order valence-corrected chi connectivity index (χ0v) is 31.2. The van der Waals surface area contributed by atoms with Crippen LogP contribution >= 0.6 is 0 Å². The lowest BCUT2D eigenvalue weighted by Crippen LogP contribution is -2.00. The molecule has 3 heterocycles. The van der Waals surface area contributed by atoms with E-state index < -0.39 is 0 Å². The van der Waals surface area contributed by atoms with E-state index in [1.807, 2.05) is 48.5 Å². The molecular weight excluding hydrogens is 709 g/mol. The summed E-state index contributed by atoms with van der Waals surface area (Å²) in [5, 5.41) is 14.4. The molecule has 270 valence electrons. The fourth-order valence-electron chi connectivity index (χ4n) is 8.28. The van der Waals surface area contributed by atoms with E-state index in [2.05, 4.69) is 155 Å². The van der Waals surface area contributed by atoms with Crippen molar-refractivity contribution in [2.45, 2.75) is 0 Å². The number of hydrogen-bond acceptors (Lipinski definition) is 4. The van der Waals surface area contributed by atoms with Crippen LogP contribution in [0.25, 0.3) is 100 Å². The Hall–Kier alpha value is -8.14. The summed E-state index contributed by atoms with van der Waals surface area (Å²) in [7, 11) is 0. The predicted octanol–water partition coefficient (Wildman–Crippen LogP) is 12.6. The highest BCUT2D eigenvalue weighted by atomic mass is 15.0. The minimum atomic E-state index is 0.518. The summed E-state index contributed by atoms with van der Waals surface area (Å²) in [5.74, 6) is 1.66. The summed E-state index contributed by atoms with van der Waals surface area (Å²) in [5.41, 5.74) is 12.3. The molecule has 6 heteroatoms. The molecule has 0 fully saturated rings. The second-order valence-corrected chi connectivity index (χ2v) is 14.4. The summed E-state index contributed by atoms with van der Waals surface area (Å²) < 4.78 is 4.68. The van der Waals surface area contributed by atoms with E-state index in [1.54, 1.807) is 6.07 Å². The standard InChI is InChI=1S/C52H32N6/c53-33-34-12-11-15-39(30-34)52-55-50(35-13-3-1-4-14-35)54-51(56-52)36-22-26-41(27-23-36)58-47-21-10-8-19-43(47)45-32-38(25-29-49(45)58)37-24-28-48-44(31-37)42-18-7-9-20-46(42)57(48)40-16-5-2-6-17-40/h1-32H. The Balaban J connectivity index is 1.01. The van der Waals surface area contributed by atoms with Crippen molar-refractivity contribution in [1.82, 2.24) is 24.1 Å². The molecule has 0 aliphatic rings. The van der Waals surface area contributed by atoms with Gasteiger partial charge in [0.2, 0.25) is 0 Å². The predicted molar refractivity (Wildman–Crippen MR) is 235 cm³/mol. The SMILES string of the molecule is N#Cc1cccc(-c2nc(-c3ccccc3)nc(-c3ccc(-n4c5ccccc5c5cc(-c6ccc7c(c6)c6ccccc6n7-c6ccccc6)ccc54)cc3)n2)c1. The number of fused-ring (bicyclic) bond motifs is 6. The van der Waals surface area contributed by atoms with Gasteiger partial charge in [-0.25, -0.2) is 15.0 Å². The molecule has 0 bridgehead atoms. The number of nitrogens with zero attached hydrogens (tertiary/aromatic N) is 6. The maximum Gasteiger partial charge on any atom is 0.164 e. The van der Waals surface area contributed by atoms with Crippen molar-refractivity contribution in [1.29, 1.82) is 5.26 Å². The van der Waals surface area contributed by atoms with E-state index in [9.17, 15) is 5.26 Å². The van der Waals surface area contributed by atoms with Gasteiger partial charge in [-0.2, -0.15) is 5.26 Å². The fourth-order valence-corrected chi connectivity index (χ4v) is 8.28. The highest BCUT2D eigenvalue weighted by Crippen LogP contribution is 2.38. The fraction of sp³-hybridized carbons (Fsp3) is 0. The van der Waals surface area contributed by atoms with Crippen molar-refractivity contribution in [2.75, 3.05) is 0 Å². The van der Waals surface area contributed by atoms with Crippen LogP contribution in [0, 0.1) is 11.3 Å². The van der Waals surface area contributed by atoms with Crippen molar-refractivity contribution in [3.63, 3.8) is 0 Å². The van der Waals surface area contributed by atoms with Crippen molar-refractivity contribution < 1.29 is 0 Å². The number of aromatic nitrogens is 5. The summed E-state index contributed by atoms with van der Waals surface area (Å²) >= 11 is 0. The minimum absolute atomic E-state index is 0.518. The largest absolute Gasteiger partial charge is 0.309 e. The van der Waals surface area contributed by atoms with Crippen molar-refractivity contribution in [3.05, 3.63) is 200 Å². The Morgan fingerprint density at radius 3 is 1.33 bits per heavy atom. The van der Waals surface area contributed by atoms with E-state index in [4.69, 9.17) is 15.0 Å². The van der Waals surface area contributed by atoms with E-state index in [1.165, 1.54) is 43.7 Å². The van der Waals surface area contributed by atoms with E-state index >= 15 is 0 Å². The van der Waals surface area contributed by atoms with E-state index in [0.717, 1.165) is 39.1 Å². The van der Waals surface area contributed by atoms with Crippen LogP contribution in [-0.4, -0.2) is 24.1 Å². The molecule has 0 aliphatic carbocycles. The first-order valence-electron chi connectivity index (χ1n) is 19.3. The van der Waals surface area contributed by atoms with Crippen LogP contribution < -0.4 is 0 Å². The van der Waals surface area contributed by atoms with Gasteiger partial charge in [-0.1, -0.05) is 109 Å². The third-order valence-corrected chi connectivity index (χ3v) is 11.0. The molecule has 0 aliphatic heterocycles. The first kappa shape index (κ1) is 33.2. The van der Waals surface area contributed by atoms with Gasteiger partial charge in [-0.05, 0) is 96.1 Å². The molecule has 6 nitrogen and oxygen atoms in total. The third-order valence-electron chi connectivity index (χ3n) is 11.0. The second kappa shape index (κ2) is 13.6. The van der Waals surface area contributed by atoms with Gasteiger partial charge in [0.1, 0.15) is 0 Å². The molecule has 0 amide bonds. The molecular formula is C52H32N6. The van der Waals surface area contributed by atoms with E-state index in [0.29, 0.717) is 23.0 Å². The third kappa shape index (κ3) is 5.53. The van der Waals surface area contributed by atoms with Crippen LogP contribution in [0.5, 0.6) is 0 Å². The number of nitriles is 1. The Morgan fingerprint density at radius 2 is 0.759 bits per heavy atom. The van der Waals surface area contributed by atoms with Crippen LogP contribution in [-0.2, 0) is 0 Å². The van der Waals surface area contributed by atoms with Gasteiger partial charge in [0.25, 0.3) is 0 Å². The van der Waals surface area contributed by atoms with Gasteiger partial charge in [-0.15, -0.1) is 0 Å². The number of benzene rings is 8. The molecule has 0 N–H and O–H groups in total. The molecule has 11 rings (SSSR count). The van der Waals surface area contributed by atoms with Crippen LogP contribution in [0.1, 0.15) is 5.56 Å². The summed E-state index contributed by atoms with van der Waals surface area (Å²) in [4.78, 5) is 14.7. The molecule has 0 atom stereocenters. The minimum Gasteiger partial charge on any atom is -0.309 e. The lowest BCUT2D eigenvalue weighted by atomic mass is 10.0. The maximum absolute atomic E-state index is 9.57. The quantitative estimate of drug-likeness (QED) is 0.170. The lowest BCUT2D eigenvalue weighted by Gasteiger charge is -2.11. The maximum atomic E-state index is 9.57.